The molecule has 6 nitrogen and oxygen atoms in total. The molecule has 0 bridgehead atoms. The number of ether oxygens (including phenoxy) is 1. The van der Waals surface area contributed by atoms with Crippen LogP contribution in [0.1, 0.15) is 5.56 Å². The van der Waals surface area contributed by atoms with Gasteiger partial charge in [0.05, 0.1) is 22.8 Å². The molecule has 25 heavy (non-hydrogen) atoms. The minimum atomic E-state index is -0.0430. The highest BCUT2D eigenvalue weighted by Crippen LogP contribution is 2.23. The number of allylic oxidation sites excluding steroid dienone is 1. The predicted molar refractivity (Wildman–Crippen MR) is 96.8 cm³/mol. The molecule has 0 spiro atoms. The Hall–Kier alpha value is -1.96. The van der Waals surface area contributed by atoms with Crippen molar-refractivity contribution in [2.75, 3.05) is 33.3 Å². The van der Waals surface area contributed by atoms with Gasteiger partial charge in [-0.1, -0.05) is 29.3 Å². The SMILES string of the molecule is CNC(NCC1CN(Cc2ccc(Cl)c(Cl)c2)CCO1)=C(C#N)C#N. The van der Waals surface area contributed by atoms with Crippen molar-refractivity contribution in [3.63, 3.8) is 0 Å². The molecule has 8 heteroatoms. The minimum Gasteiger partial charge on any atom is -0.374 e. The quantitative estimate of drug-likeness (QED) is 0.737. The zero-order chi connectivity index (χ0) is 18.2. The molecule has 132 valence electrons. The maximum Gasteiger partial charge on any atom is 0.169 e. The molecule has 1 aromatic rings. The van der Waals surface area contributed by atoms with E-state index in [0.29, 0.717) is 29.0 Å². The number of halogens is 2. The first-order chi connectivity index (χ1) is 12.1. The molecular weight excluding hydrogens is 361 g/mol. The smallest absolute Gasteiger partial charge is 0.169 e. The van der Waals surface area contributed by atoms with Gasteiger partial charge in [-0.25, -0.2) is 0 Å². The molecule has 1 unspecified atom stereocenters. The number of morpholine rings is 1. The predicted octanol–water partition coefficient (Wildman–Crippen LogP) is 2.26. The fraction of sp³-hybridized carbons (Fsp3) is 0.412. The average molecular weight is 380 g/mol. The van der Waals surface area contributed by atoms with Crippen LogP contribution in [-0.4, -0.2) is 44.3 Å². The van der Waals surface area contributed by atoms with Gasteiger partial charge in [0.1, 0.15) is 18.0 Å². The molecule has 0 aliphatic carbocycles. The summed E-state index contributed by atoms with van der Waals surface area (Å²) in [5.41, 5.74) is 1.11. The standard InChI is InChI=1S/C17H19Cl2N5O/c1-22-17(13(7-20)8-21)23-9-14-11-24(4-5-25-14)10-12-2-3-15(18)16(19)6-12/h2-3,6,14,22-23H,4-5,9-11H2,1H3. The Morgan fingerprint density at radius 1 is 1.32 bits per heavy atom. The summed E-state index contributed by atoms with van der Waals surface area (Å²) in [7, 11) is 1.66. The van der Waals surface area contributed by atoms with Gasteiger partial charge in [-0.3, -0.25) is 4.90 Å². The summed E-state index contributed by atoms with van der Waals surface area (Å²) in [5.74, 6) is 0.412. The van der Waals surface area contributed by atoms with Crippen molar-refractivity contribution in [1.82, 2.24) is 15.5 Å². The van der Waals surface area contributed by atoms with Gasteiger partial charge in [-0.2, -0.15) is 10.5 Å². The van der Waals surface area contributed by atoms with Crippen LogP contribution >= 0.6 is 23.2 Å². The van der Waals surface area contributed by atoms with Gasteiger partial charge in [-0.05, 0) is 17.7 Å². The van der Waals surface area contributed by atoms with Gasteiger partial charge in [0.2, 0.25) is 0 Å². The first kappa shape index (κ1) is 19.4. The molecule has 1 aliphatic heterocycles. The molecule has 0 aromatic heterocycles. The van der Waals surface area contributed by atoms with Crippen LogP contribution in [0.5, 0.6) is 0 Å². The van der Waals surface area contributed by atoms with E-state index in [1.54, 1.807) is 13.1 Å². The zero-order valence-corrected chi connectivity index (χ0v) is 15.4. The highest BCUT2D eigenvalue weighted by molar-refractivity contribution is 6.42. The molecule has 1 atom stereocenters. The number of hydrogen-bond donors (Lipinski definition) is 2. The van der Waals surface area contributed by atoms with Crippen molar-refractivity contribution in [1.29, 1.82) is 10.5 Å². The molecule has 0 amide bonds. The van der Waals surface area contributed by atoms with Crippen molar-refractivity contribution >= 4 is 23.2 Å². The second-order valence-electron chi connectivity index (χ2n) is 5.58. The molecule has 1 aromatic carbocycles. The number of hydrogen-bond acceptors (Lipinski definition) is 6. The molecule has 2 rings (SSSR count). The lowest BCUT2D eigenvalue weighted by molar-refractivity contribution is -0.0290. The lowest BCUT2D eigenvalue weighted by atomic mass is 10.2. The van der Waals surface area contributed by atoms with Crippen LogP contribution in [0, 0.1) is 22.7 Å². The maximum atomic E-state index is 8.94. The van der Waals surface area contributed by atoms with Crippen molar-refractivity contribution in [3.05, 3.63) is 45.2 Å². The van der Waals surface area contributed by atoms with Gasteiger partial charge in [0.25, 0.3) is 0 Å². The summed E-state index contributed by atoms with van der Waals surface area (Å²) in [5, 5.41) is 24.9. The van der Waals surface area contributed by atoms with E-state index in [-0.39, 0.29) is 11.7 Å². The van der Waals surface area contributed by atoms with Gasteiger partial charge < -0.3 is 15.4 Å². The van der Waals surface area contributed by atoms with Crippen molar-refractivity contribution in [2.24, 2.45) is 0 Å². The highest BCUT2D eigenvalue weighted by atomic mass is 35.5. The van der Waals surface area contributed by atoms with Crippen LogP contribution in [0.3, 0.4) is 0 Å². The lowest BCUT2D eigenvalue weighted by Crippen LogP contribution is -2.46. The summed E-state index contributed by atoms with van der Waals surface area (Å²) in [4.78, 5) is 2.27. The number of nitrogens with one attached hydrogen (secondary N) is 2. The van der Waals surface area contributed by atoms with Crippen molar-refractivity contribution < 1.29 is 4.74 Å². The molecular formula is C17H19Cl2N5O. The number of nitrogens with zero attached hydrogens (tertiary/aromatic N) is 3. The topological polar surface area (TPSA) is 84.1 Å². The number of benzene rings is 1. The number of rotatable bonds is 6. The van der Waals surface area contributed by atoms with Gasteiger partial charge >= 0.3 is 0 Å². The summed E-state index contributed by atoms with van der Waals surface area (Å²) < 4.78 is 5.76. The summed E-state index contributed by atoms with van der Waals surface area (Å²) >= 11 is 12.0. The van der Waals surface area contributed by atoms with Crippen LogP contribution in [0.2, 0.25) is 10.0 Å². The van der Waals surface area contributed by atoms with Gasteiger partial charge in [0.15, 0.2) is 5.57 Å². The summed E-state index contributed by atoms with van der Waals surface area (Å²) in [6.07, 6.45) is -0.0430. The molecule has 0 saturated carbocycles. The van der Waals surface area contributed by atoms with E-state index in [1.165, 1.54) is 0 Å². The van der Waals surface area contributed by atoms with E-state index in [4.69, 9.17) is 38.5 Å². The Morgan fingerprint density at radius 3 is 2.72 bits per heavy atom. The second-order valence-corrected chi connectivity index (χ2v) is 6.40. The Morgan fingerprint density at radius 2 is 2.08 bits per heavy atom. The molecule has 2 N–H and O–H groups in total. The van der Waals surface area contributed by atoms with Crippen LogP contribution < -0.4 is 10.6 Å². The summed E-state index contributed by atoms with van der Waals surface area (Å²) in [6, 6.07) is 9.36. The Kier molecular flexibility index (Phi) is 7.36. The van der Waals surface area contributed by atoms with E-state index < -0.39 is 0 Å². The van der Waals surface area contributed by atoms with E-state index in [9.17, 15) is 0 Å². The average Bonchev–Trinajstić information content (AvgIpc) is 2.62. The monoisotopic (exact) mass is 379 g/mol. The zero-order valence-electron chi connectivity index (χ0n) is 13.9. The highest BCUT2D eigenvalue weighted by Gasteiger charge is 2.21. The molecule has 1 aliphatic rings. The van der Waals surface area contributed by atoms with Crippen LogP contribution in [-0.2, 0) is 11.3 Å². The lowest BCUT2D eigenvalue weighted by Gasteiger charge is -2.33. The third-order valence-corrected chi connectivity index (χ3v) is 4.58. The Balaban J connectivity index is 1.92. The van der Waals surface area contributed by atoms with Crippen LogP contribution in [0.25, 0.3) is 0 Å². The second kappa shape index (κ2) is 9.50. The Labute approximate surface area is 157 Å². The number of nitriles is 2. The van der Waals surface area contributed by atoms with Crippen molar-refractivity contribution in [2.45, 2.75) is 12.6 Å². The normalized spacial score (nSPS) is 17.2. The van der Waals surface area contributed by atoms with Crippen LogP contribution in [0.15, 0.2) is 29.6 Å². The summed E-state index contributed by atoms with van der Waals surface area (Å²) in [6.45, 7) is 3.44. The molecule has 1 fully saturated rings. The molecule has 1 heterocycles. The largest absolute Gasteiger partial charge is 0.374 e. The first-order valence-electron chi connectivity index (χ1n) is 7.81. The van der Waals surface area contributed by atoms with Crippen LogP contribution in [0.4, 0.5) is 0 Å². The van der Waals surface area contributed by atoms with E-state index in [0.717, 1.165) is 25.2 Å². The van der Waals surface area contributed by atoms with E-state index >= 15 is 0 Å². The fourth-order valence-electron chi connectivity index (χ4n) is 2.60. The van der Waals surface area contributed by atoms with Crippen molar-refractivity contribution in [3.8, 4) is 12.1 Å². The first-order valence-corrected chi connectivity index (χ1v) is 8.57. The minimum absolute atomic E-state index is 0.0194. The molecule has 0 radical (unpaired) electrons. The van der Waals surface area contributed by atoms with Gasteiger partial charge in [-0.15, -0.1) is 0 Å². The van der Waals surface area contributed by atoms with E-state index in [1.807, 2.05) is 24.3 Å². The Bertz CT molecular complexity index is 707. The van der Waals surface area contributed by atoms with E-state index in [2.05, 4.69) is 15.5 Å². The maximum absolute atomic E-state index is 8.94. The third kappa shape index (κ3) is 5.52. The third-order valence-electron chi connectivity index (χ3n) is 3.84. The van der Waals surface area contributed by atoms with Gasteiger partial charge in [0, 0.05) is 33.2 Å². The molecule has 1 saturated heterocycles. The fourth-order valence-corrected chi connectivity index (χ4v) is 2.92.